The van der Waals surface area contributed by atoms with Gasteiger partial charge < -0.3 is 10.1 Å². The van der Waals surface area contributed by atoms with Gasteiger partial charge in [0.25, 0.3) is 0 Å². The molecule has 20 heavy (non-hydrogen) atoms. The Morgan fingerprint density at radius 2 is 1.85 bits per heavy atom. The maximum absolute atomic E-state index is 5.85. The monoisotopic (exact) mass is 270 g/mol. The first-order valence-electron chi connectivity index (χ1n) is 7.01. The molecule has 0 aliphatic heterocycles. The van der Waals surface area contributed by atoms with Gasteiger partial charge in [0.15, 0.2) is 0 Å². The fourth-order valence-electron chi connectivity index (χ4n) is 1.93. The molecule has 1 atom stereocenters. The lowest BCUT2D eigenvalue weighted by atomic mass is 10.0. The van der Waals surface area contributed by atoms with Crippen molar-refractivity contribution in [2.45, 2.75) is 32.7 Å². The van der Waals surface area contributed by atoms with Gasteiger partial charge in [-0.3, -0.25) is 4.98 Å². The second kappa shape index (κ2) is 6.53. The molecule has 1 aromatic carbocycles. The highest BCUT2D eigenvalue weighted by atomic mass is 16.5. The van der Waals surface area contributed by atoms with Crippen LogP contribution in [0.15, 0.2) is 42.6 Å². The second-order valence-corrected chi connectivity index (χ2v) is 5.26. The number of ether oxygens (including phenoxy) is 1. The summed E-state index contributed by atoms with van der Waals surface area (Å²) in [5.41, 5.74) is 2.28. The minimum atomic E-state index is 0.244. The lowest BCUT2D eigenvalue weighted by molar-refractivity contribution is 0.477. The van der Waals surface area contributed by atoms with Crippen LogP contribution in [0, 0.1) is 0 Å². The van der Waals surface area contributed by atoms with Crippen molar-refractivity contribution in [3.05, 3.63) is 53.9 Å². The fourth-order valence-corrected chi connectivity index (χ4v) is 1.93. The molecule has 0 aliphatic rings. The van der Waals surface area contributed by atoms with Crippen LogP contribution in [-0.4, -0.2) is 12.0 Å². The summed E-state index contributed by atoms with van der Waals surface area (Å²) in [5, 5.41) is 3.17. The maximum atomic E-state index is 5.85. The van der Waals surface area contributed by atoms with Gasteiger partial charge in [0.05, 0.1) is 11.9 Å². The topological polar surface area (TPSA) is 34.1 Å². The first-order chi connectivity index (χ1) is 9.60. The first kappa shape index (κ1) is 14.5. The highest BCUT2D eigenvalue weighted by Gasteiger charge is 2.05. The molecule has 0 bridgehead atoms. The molecule has 0 aliphatic carbocycles. The summed E-state index contributed by atoms with van der Waals surface area (Å²) < 4.78 is 5.85. The van der Waals surface area contributed by atoms with Gasteiger partial charge in [-0.2, -0.15) is 0 Å². The Morgan fingerprint density at radius 1 is 1.05 bits per heavy atom. The third-order valence-corrected chi connectivity index (χ3v) is 3.40. The lowest BCUT2D eigenvalue weighted by Gasteiger charge is -2.12. The summed E-state index contributed by atoms with van der Waals surface area (Å²) in [7, 11) is 1.92. The predicted octanol–water partition coefficient (Wildman–Crippen LogP) is 4.28. The van der Waals surface area contributed by atoms with Crippen molar-refractivity contribution < 1.29 is 4.74 Å². The van der Waals surface area contributed by atoms with Gasteiger partial charge in [-0.05, 0) is 49.7 Å². The zero-order chi connectivity index (χ0) is 14.5. The van der Waals surface area contributed by atoms with Crippen LogP contribution in [0.2, 0.25) is 0 Å². The van der Waals surface area contributed by atoms with Crippen molar-refractivity contribution in [2.24, 2.45) is 0 Å². The Kier molecular flexibility index (Phi) is 4.74. The molecule has 1 N–H and O–H groups in total. The van der Waals surface area contributed by atoms with Crippen molar-refractivity contribution >= 4 is 0 Å². The van der Waals surface area contributed by atoms with E-state index in [-0.39, 0.29) is 6.04 Å². The number of rotatable bonds is 5. The van der Waals surface area contributed by atoms with E-state index in [2.05, 4.69) is 43.2 Å². The van der Waals surface area contributed by atoms with Crippen LogP contribution in [0.1, 0.15) is 44.0 Å². The minimum absolute atomic E-state index is 0.244. The van der Waals surface area contributed by atoms with Gasteiger partial charge in [-0.25, -0.2) is 0 Å². The summed E-state index contributed by atoms with van der Waals surface area (Å²) >= 11 is 0. The largest absolute Gasteiger partial charge is 0.456 e. The highest BCUT2D eigenvalue weighted by Crippen LogP contribution is 2.25. The van der Waals surface area contributed by atoms with Crippen molar-refractivity contribution in [1.29, 1.82) is 0 Å². The number of benzene rings is 1. The van der Waals surface area contributed by atoms with Gasteiger partial charge in [0, 0.05) is 6.04 Å². The molecule has 2 rings (SSSR count). The van der Waals surface area contributed by atoms with Crippen molar-refractivity contribution in [3.8, 4) is 11.5 Å². The number of aromatic nitrogens is 1. The van der Waals surface area contributed by atoms with E-state index in [9.17, 15) is 0 Å². The summed E-state index contributed by atoms with van der Waals surface area (Å²) in [6.45, 7) is 6.43. The molecule has 0 spiro atoms. The van der Waals surface area contributed by atoms with Gasteiger partial charge in [-0.1, -0.05) is 26.0 Å². The Bertz CT molecular complexity index is 549. The Morgan fingerprint density at radius 3 is 2.45 bits per heavy atom. The van der Waals surface area contributed by atoms with Crippen molar-refractivity contribution in [1.82, 2.24) is 10.3 Å². The normalized spacial score (nSPS) is 12.4. The Labute approximate surface area is 121 Å². The Hall–Kier alpha value is -1.87. The first-order valence-corrected chi connectivity index (χ1v) is 7.01. The molecule has 3 nitrogen and oxygen atoms in total. The summed E-state index contributed by atoms with van der Waals surface area (Å²) in [6.07, 6.45) is 1.77. The summed E-state index contributed by atoms with van der Waals surface area (Å²) in [4.78, 5) is 4.42. The average Bonchev–Trinajstić information content (AvgIpc) is 2.47. The molecule has 0 amide bonds. The molecular formula is C17H22N2O. The zero-order valence-corrected chi connectivity index (χ0v) is 12.6. The second-order valence-electron chi connectivity index (χ2n) is 5.26. The van der Waals surface area contributed by atoms with E-state index in [0.717, 1.165) is 17.2 Å². The van der Waals surface area contributed by atoms with Crippen LogP contribution in [0.25, 0.3) is 0 Å². The van der Waals surface area contributed by atoms with E-state index < -0.39 is 0 Å². The predicted molar refractivity (Wildman–Crippen MR) is 82.3 cm³/mol. The standard InChI is InChI=1S/C17H22N2O/c1-12(2)14-6-5-7-15(10-14)20-16-8-9-17(19-11-16)13(3)18-4/h5-13,18H,1-4H3. The van der Waals surface area contributed by atoms with Crippen LogP contribution < -0.4 is 10.1 Å². The number of nitrogens with one attached hydrogen (secondary N) is 1. The molecule has 0 fully saturated rings. The number of hydrogen-bond donors (Lipinski definition) is 1. The molecule has 3 heteroatoms. The smallest absolute Gasteiger partial charge is 0.145 e. The quantitative estimate of drug-likeness (QED) is 0.880. The van der Waals surface area contributed by atoms with E-state index in [1.54, 1.807) is 6.20 Å². The number of pyridine rings is 1. The minimum Gasteiger partial charge on any atom is -0.456 e. The van der Waals surface area contributed by atoms with Gasteiger partial charge >= 0.3 is 0 Å². The summed E-state index contributed by atoms with van der Waals surface area (Å²) in [5.74, 6) is 2.11. The third-order valence-electron chi connectivity index (χ3n) is 3.40. The van der Waals surface area contributed by atoms with E-state index in [1.165, 1.54) is 5.56 Å². The summed E-state index contributed by atoms with van der Waals surface area (Å²) in [6, 6.07) is 12.4. The zero-order valence-electron chi connectivity index (χ0n) is 12.6. The van der Waals surface area contributed by atoms with Crippen LogP contribution >= 0.6 is 0 Å². The average molecular weight is 270 g/mol. The molecule has 1 heterocycles. The molecule has 0 saturated carbocycles. The molecule has 2 aromatic rings. The number of hydrogen-bond acceptors (Lipinski definition) is 3. The molecule has 1 unspecified atom stereocenters. The van der Waals surface area contributed by atoms with Crippen molar-refractivity contribution in [2.75, 3.05) is 7.05 Å². The van der Waals surface area contributed by atoms with Crippen LogP contribution in [0.5, 0.6) is 11.5 Å². The van der Waals surface area contributed by atoms with Crippen LogP contribution in [0.3, 0.4) is 0 Å². The van der Waals surface area contributed by atoms with Crippen molar-refractivity contribution in [3.63, 3.8) is 0 Å². The van der Waals surface area contributed by atoms with E-state index in [4.69, 9.17) is 4.74 Å². The fraction of sp³-hybridized carbons (Fsp3) is 0.353. The Balaban J connectivity index is 2.12. The van der Waals surface area contributed by atoms with E-state index in [1.807, 2.05) is 31.3 Å². The van der Waals surface area contributed by atoms with Gasteiger partial charge in [-0.15, -0.1) is 0 Å². The molecule has 0 radical (unpaired) electrons. The van der Waals surface area contributed by atoms with E-state index >= 15 is 0 Å². The van der Waals surface area contributed by atoms with Gasteiger partial charge in [0.1, 0.15) is 11.5 Å². The van der Waals surface area contributed by atoms with Crippen LogP contribution in [0.4, 0.5) is 0 Å². The molecule has 1 aromatic heterocycles. The van der Waals surface area contributed by atoms with Crippen LogP contribution in [-0.2, 0) is 0 Å². The highest BCUT2D eigenvalue weighted by molar-refractivity contribution is 5.34. The SMILES string of the molecule is CNC(C)c1ccc(Oc2cccc(C(C)C)c2)cn1. The van der Waals surface area contributed by atoms with Gasteiger partial charge in [0.2, 0.25) is 0 Å². The van der Waals surface area contributed by atoms with E-state index in [0.29, 0.717) is 5.92 Å². The molecule has 0 saturated heterocycles. The lowest BCUT2D eigenvalue weighted by Crippen LogP contribution is -2.13. The molecular weight excluding hydrogens is 248 g/mol. The third kappa shape index (κ3) is 3.58. The maximum Gasteiger partial charge on any atom is 0.145 e. The molecule has 106 valence electrons. The number of nitrogens with zero attached hydrogens (tertiary/aromatic N) is 1.